The number of carboxylic acid groups (broad SMARTS) is 1. The molecule has 1 atom stereocenters. The summed E-state index contributed by atoms with van der Waals surface area (Å²) in [5, 5.41) is 23.1. The molecule has 0 saturated carbocycles. The van der Waals surface area contributed by atoms with Gasteiger partial charge >= 0.3 is 5.97 Å². The average molecular weight is 946 g/mol. The van der Waals surface area contributed by atoms with Crippen molar-refractivity contribution in [2.24, 2.45) is 0 Å². The molecule has 5 heterocycles. The number of allylic oxidation sites excluding steroid dienone is 6. The third-order valence-corrected chi connectivity index (χ3v) is 22.9. The summed E-state index contributed by atoms with van der Waals surface area (Å²) in [5.41, 5.74) is 10.2. The molecule has 0 fully saturated rings. The first-order chi connectivity index (χ1) is 31.8. The minimum Gasteiger partial charge on any atom is -0.494 e. The maximum Gasteiger partial charge on any atom is 0.346 e. The molecule has 3 aliphatic heterocycles. The molecule has 3 aromatic carbocycles. The minimum atomic E-state index is -3.04. The first-order valence-electron chi connectivity index (χ1n) is 23.6. The van der Waals surface area contributed by atoms with E-state index in [1.54, 1.807) is 11.3 Å². The highest BCUT2D eigenvalue weighted by Crippen LogP contribution is 2.58. The van der Waals surface area contributed by atoms with Crippen LogP contribution in [0.4, 0.5) is 0 Å². The molecule has 9 rings (SSSR count). The van der Waals surface area contributed by atoms with Crippen LogP contribution in [0.15, 0.2) is 101 Å². The second kappa shape index (κ2) is 18.4. The molecule has 2 aromatic heterocycles. The number of rotatable bonds is 19. The summed E-state index contributed by atoms with van der Waals surface area (Å²) in [6.45, 7) is 17.4. The number of hydrogen-bond donors (Lipinski definition) is 1. The summed E-state index contributed by atoms with van der Waals surface area (Å²) in [7, 11) is -5.22. The maximum absolute atomic E-state index is 11.8. The van der Waals surface area contributed by atoms with Gasteiger partial charge in [-0.15, -0.1) is 22.7 Å². The van der Waals surface area contributed by atoms with E-state index in [4.69, 9.17) is 13.6 Å². The van der Waals surface area contributed by atoms with Crippen LogP contribution in [0.2, 0.25) is 19.6 Å². The predicted molar refractivity (Wildman–Crippen MR) is 280 cm³/mol. The molecule has 5 aromatic rings. The Kier molecular flexibility index (Phi) is 12.8. The van der Waals surface area contributed by atoms with Crippen LogP contribution in [0.3, 0.4) is 0 Å². The van der Waals surface area contributed by atoms with Crippen molar-refractivity contribution in [1.82, 2.24) is 0 Å². The van der Waals surface area contributed by atoms with Crippen molar-refractivity contribution in [2.45, 2.75) is 104 Å². The molecule has 1 N–H and O–H groups in total. The number of unbranched alkanes of at least 4 members (excludes halogenated alkanes) is 6. The van der Waals surface area contributed by atoms with Gasteiger partial charge in [0.15, 0.2) is 8.32 Å². The fourth-order valence-electron chi connectivity index (χ4n) is 10.0. The van der Waals surface area contributed by atoms with E-state index in [2.05, 4.69) is 144 Å². The molecular weight excluding hydrogens is 887 g/mol. The number of aliphatic carboxylic acids is 1. The zero-order valence-electron chi connectivity index (χ0n) is 39.2. The summed E-state index contributed by atoms with van der Waals surface area (Å²) < 4.78 is 20.3. The van der Waals surface area contributed by atoms with Crippen LogP contribution >= 0.6 is 22.7 Å². The Labute approximate surface area is 400 Å². The first kappa shape index (κ1) is 45.9. The summed E-state index contributed by atoms with van der Waals surface area (Å²) >= 11 is 3.38. The number of hydrogen-bond acceptors (Lipinski definition) is 7. The van der Waals surface area contributed by atoms with Crippen LogP contribution in [-0.4, -0.2) is 40.9 Å². The third kappa shape index (κ3) is 8.39. The Bertz CT molecular complexity index is 2910. The smallest absolute Gasteiger partial charge is 0.346 e. The molecule has 66 heavy (non-hydrogen) atoms. The number of carbonyl (C=O) groups is 1. The normalized spacial score (nSPS) is 17.4. The molecule has 0 amide bonds. The van der Waals surface area contributed by atoms with Gasteiger partial charge in [-0.05, 0) is 147 Å². The van der Waals surface area contributed by atoms with Gasteiger partial charge in [0.05, 0.1) is 13.2 Å². The van der Waals surface area contributed by atoms with Gasteiger partial charge in [-0.2, -0.15) is 5.26 Å². The van der Waals surface area contributed by atoms with Crippen molar-refractivity contribution in [3.05, 3.63) is 134 Å². The van der Waals surface area contributed by atoms with Gasteiger partial charge in [-0.1, -0.05) is 121 Å². The molecule has 1 aliphatic carbocycles. The van der Waals surface area contributed by atoms with E-state index in [1.807, 2.05) is 17.4 Å². The van der Waals surface area contributed by atoms with Crippen molar-refractivity contribution in [3.8, 4) is 48.9 Å². The third-order valence-electron chi connectivity index (χ3n) is 13.2. The number of nitriles is 1. The van der Waals surface area contributed by atoms with E-state index in [0.717, 1.165) is 46.3 Å². The number of nitrogens with zero attached hydrogens (tertiary/aromatic N) is 1. The average Bonchev–Trinajstić information content (AvgIpc) is 4.05. The lowest BCUT2D eigenvalue weighted by Gasteiger charge is -2.43. The highest BCUT2D eigenvalue weighted by molar-refractivity contribution is 7.24. The fourth-order valence-corrected chi connectivity index (χ4v) is 21.4. The van der Waals surface area contributed by atoms with E-state index in [0.29, 0.717) is 6.61 Å². The largest absolute Gasteiger partial charge is 0.494 e. The van der Waals surface area contributed by atoms with Gasteiger partial charge in [-0.25, -0.2) is 4.79 Å². The molecule has 338 valence electrons. The Balaban J connectivity index is 1.20. The van der Waals surface area contributed by atoms with Gasteiger partial charge in [0.25, 0.3) is 8.32 Å². The molecule has 0 radical (unpaired) electrons. The first-order valence-corrected chi connectivity index (χ1v) is 30.6. The molecular formula is C56H59NO5S2Si2. The van der Waals surface area contributed by atoms with Crippen LogP contribution in [0.25, 0.3) is 55.1 Å². The van der Waals surface area contributed by atoms with Gasteiger partial charge in [0, 0.05) is 24.9 Å². The zero-order chi connectivity index (χ0) is 46.4. The molecule has 0 bridgehead atoms. The lowest BCUT2D eigenvalue weighted by atomic mass is 9.83. The molecule has 10 heteroatoms. The molecule has 4 aliphatic rings. The number of carboxylic acids is 1. The Morgan fingerprint density at radius 1 is 0.758 bits per heavy atom. The van der Waals surface area contributed by atoms with Gasteiger partial charge in [0.1, 0.15) is 23.1 Å². The Morgan fingerprint density at radius 2 is 1.35 bits per heavy atom. The number of fused-ring (bicyclic) bond motifs is 3. The van der Waals surface area contributed by atoms with Crippen LogP contribution in [0.1, 0.15) is 112 Å². The van der Waals surface area contributed by atoms with E-state index in [1.165, 1.54) is 114 Å². The van der Waals surface area contributed by atoms with Crippen LogP contribution in [0, 0.1) is 11.3 Å². The quantitative estimate of drug-likeness (QED) is 0.0384. The molecule has 1 unspecified atom stereocenters. The monoisotopic (exact) mass is 945 g/mol. The number of ether oxygens (including phenoxy) is 2. The lowest BCUT2D eigenvalue weighted by Crippen LogP contribution is -2.61. The topological polar surface area (TPSA) is 88.8 Å². The molecule has 0 saturated heterocycles. The summed E-state index contributed by atoms with van der Waals surface area (Å²) in [6, 6.07) is 26.1. The highest BCUT2D eigenvalue weighted by Gasteiger charge is 2.55. The van der Waals surface area contributed by atoms with Crippen molar-refractivity contribution < 1.29 is 23.5 Å². The summed E-state index contributed by atoms with van der Waals surface area (Å²) in [5.74, 6) is 0.582. The van der Waals surface area contributed by atoms with E-state index >= 15 is 0 Å². The SMILES string of the molecule is CCCCCCOc1ccc(C2=C3C=Cc4c(-c5ccc(OCCCCCC)cc5)cc(-c5cc6c(s5)-c5sc(/C=C(\C#N)C(=O)O)cc5C6(C)C)c5c4[Si]3(O[Si](C)(C)C)C(=C2)C=C5)cc1. The minimum absolute atomic E-state index is 0.261. The van der Waals surface area contributed by atoms with E-state index < -0.39 is 22.6 Å². The summed E-state index contributed by atoms with van der Waals surface area (Å²) in [6.07, 6.45) is 22.7. The van der Waals surface area contributed by atoms with Gasteiger partial charge < -0.3 is 18.7 Å². The highest BCUT2D eigenvalue weighted by atomic mass is 32.1. The fraction of sp³-hybridized carbons (Fsp3) is 0.321. The second-order valence-corrected chi connectivity index (χ2v) is 29.5. The Hall–Kier alpha value is -5.29. The molecule has 6 nitrogen and oxygen atoms in total. The van der Waals surface area contributed by atoms with E-state index in [9.17, 15) is 15.2 Å². The van der Waals surface area contributed by atoms with Crippen LogP contribution < -0.4 is 14.7 Å². The molecule has 0 spiro atoms. The van der Waals surface area contributed by atoms with Crippen molar-refractivity contribution in [1.29, 1.82) is 5.26 Å². The summed E-state index contributed by atoms with van der Waals surface area (Å²) in [4.78, 5) is 16.1. The van der Waals surface area contributed by atoms with Gasteiger partial charge in [-0.3, -0.25) is 0 Å². The van der Waals surface area contributed by atoms with Crippen molar-refractivity contribution in [2.75, 3.05) is 13.2 Å². The Morgan fingerprint density at radius 3 is 1.95 bits per heavy atom. The van der Waals surface area contributed by atoms with Crippen molar-refractivity contribution in [3.63, 3.8) is 0 Å². The lowest BCUT2D eigenvalue weighted by molar-refractivity contribution is -0.132. The maximum atomic E-state index is 11.8. The van der Waals surface area contributed by atoms with Crippen molar-refractivity contribution >= 4 is 74.3 Å². The van der Waals surface area contributed by atoms with Crippen LogP contribution in [-0.2, 0) is 14.3 Å². The standard InChI is InChI=1S/C56H59NO5S2Si2/c1-8-10-12-14-28-60-39-20-16-36(17-21-39)45-33-47(50-34-49-53(64-50)52-48(56(49,3)4)31-41(63-52)30-38(35-57)55(58)59)44-25-24-42-32-46(37-18-22-40(23-19-37)61-29-15-13-11-9-2)51-27-26-43(45)54(44)66(42,51)62-65(5,6)7/h16-27,30-34H,8-15,28-29H2,1-7H3,(H,58,59)/b38-30+. The van der Waals surface area contributed by atoms with Crippen LogP contribution in [0.5, 0.6) is 11.5 Å². The predicted octanol–water partition coefficient (Wildman–Crippen LogP) is 14.9. The number of thiophene rings is 2. The zero-order valence-corrected chi connectivity index (χ0v) is 42.9. The number of benzene rings is 3. The second-order valence-electron chi connectivity index (χ2n) is 19.4. The van der Waals surface area contributed by atoms with Gasteiger partial charge in [0.2, 0.25) is 0 Å². The van der Waals surface area contributed by atoms with E-state index in [-0.39, 0.29) is 11.0 Å².